The largest absolute Gasteiger partial charge is 0.368 e. The Labute approximate surface area is 198 Å². The molecule has 2 aromatic carbocycles. The van der Waals surface area contributed by atoms with Crippen LogP contribution in [-0.2, 0) is 11.2 Å². The highest BCUT2D eigenvalue weighted by molar-refractivity contribution is 5.76. The van der Waals surface area contributed by atoms with Gasteiger partial charge in [0.15, 0.2) is 0 Å². The molecule has 1 amide bonds. The Hall–Kier alpha value is -3.94. The van der Waals surface area contributed by atoms with E-state index in [0.29, 0.717) is 31.8 Å². The molecular weight excluding hydrogens is 428 g/mol. The van der Waals surface area contributed by atoms with Gasteiger partial charge in [-0.05, 0) is 49.2 Å². The van der Waals surface area contributed by atoms with Crippen LogP contribution in [0.3, 0.4) is 0 Å². The summed E-state index contributed by atoms with van der Waals surface area (Å²) in [6, 6.07) is 16.3. The van der Waals surface area contributed by atoms with Crippen molar-refractivity contribution in [2.24, 2.45) is 0 Å². The number of carbonyl (C=O) groups is 1. The lowest BCUT2D eigenvalue weighted by Gasteiger charge is -2.36. The summed E-state index contributed by atoms with van der Waals surface area (Å²) in [6.45, 7) is 7.06. The Balaban J connectivity index is 1.25. The Morgan fingerprint density at radius 1 is 0.882 bits per heavy atom. The van der Waals surface area contributed by atoms with Gasteiger partial charge in [-0.25, -0.2) is 0 Å². The van der Waals surface area contributed by atoms with Crippen LogP contribution in [0.2, 0.25) is 0 Å². The second kappa shape index (κ2) is 9.13. The smallest absolute Gasteiger partial charge is 0.300 e. The number of hydrogen-bond acceptors (Lipinski definition) is 5. The van der Waals surface area contributed by atoms with Crippen LogP contribution in [0.15, 0.2) is 65.7 Å². The van der Waals surface area contributed by atoms with Gasteiger partial charge in [0.25, 0.3) is 0 Å². The van der Waals surface area contributed by atoms with Gasteiger partial charge < -0.3 is 9.80 Å². The van der Waals surface area contributed by atoms with Crippen LogP contribution in [-0.4, -0.2) is 56.2 Å². The number of rotatable bonds is 5. The van der Waals surface area contributed by atoms with Crippen LogP contribution in [0.5, 0.6) is 0 Å². The fraction of sp³-hybridized carbons (Fsp3) is 0.308. The van der Waals surface area contributed by atoms with E-state index in [1.807, 2.05) is 49.1 Å². The first-order chi connectivity index (χ1) is 16.5. The zero-order valence-corrected chi connectivity index (χ0v) is 19.5. The number of carbonyl (C=O) groups excluding carboxylic acids is 1. The Bertz CT molecular complexity index is 1360. The molecule has 5 rings (SSSR count). The van der Waals surface area contributed by atoms with E-state index in [-0.39, 0.29) is 17.1 Å². The van der Waals surface area contributed by atoms with Crippen molar-refractivity contribution in [1.82, 2.24) is 24.1 Å². The average Bonchev–Trinajstić information content (AvgIpc) is 3.27. The Kier molecular flexibility index (Phi) is 5.88. The summed E-state index contributed by atoms with van der Waals surface area (Å²) in [4.78, 5) is 30.1. The molecule has 0 unspecified atom stereocenters. The fourth-order valence-electron chi connectivity index (χ4n) is 4.63. The number of benzene rings is 2. The molecule has 0 radical (unpaired) electrons. The summed E-state index contributed by atoms with van der Waals surface area (Å²) in [6.07, 6.45) is 4.31. The van der Waals surface area contributed by atoms with Crippen LogP contribution in [0.1, 0.15) is 23.4 Å². The molecule has 8 heteroatoms. The lowest BCUT2D eigenvalue weighted by molar-refractivity contribution is -0.131. The van der Waals surface area contributed by atoms with Crippen molar-refractivity contribution < 1.29 is 4.79 Å². The van der Waals surface area contributed by atoms with E-state index < -0.39 is 0 Å². The van der Waals surface area contributed by atoms with Gasteiger partial charge >= 0.3 is 5.56 Å². The topological polar surface area (TPSA) is 75.7 Å². The SMILES string of the molecule is Cc1cc(C)cc(-n2ccn3c(CCC(=O)N4CCN(c5ccccc5)CC4)nnc3c2=O)c1. The zero-order valence-electron chi connectivity index (χ0n) is 19.5. The van der Waals surface area contributed by atoms with Crippen molar-refractivity contribution in [3.05, 3.63) is 88.2 Å². The molecule has 0 spiro atoms. The summed E-state index contributed by atoms with van der Waals surface area (Å²) in [5.41, 5.74) is 4.21. The third-order valence-corrected chi connectivity index (χ3v) is 6.34. The maximum Gasteiger partial charge on any atom is 0.300 e. The van der Waals surface area contributed by atoms with E-state index in [1.165, 1.54) is 5.69 Å². The summed E-state index contributed by atoms with van der Waals surface area (Å²) in [5, 5.41) is 8.35. The molecule has 1 aliphatic rings. The van der Waals surface area contributed by atoms with E-state index in [2.05, 4.69) is 33.3 Å². The summed E-state index contributed by atoms with van der Waals surface area (Å²) in [7, 11) is 0. The lowest BCUT2D eigenvalue weighted by Crippen LogP contribution is -2.48. The molecule has 3 heterocycles. The van der Waals surface area contributed by atoms with Crippen molar-refractivity contribution >= 4 is 17.2 Å². The summed E-state index contributed by atoms with van der Waals surface area (Å²) < 4.78 is 3.28. The van der Waals surface area contributed by atoms with E-state index in [1.54, 1.807) is 21.4 Å². The van der Waals surface area contributed by atoms with Gasteiger partial charge in [-0.2, -0.15) is 0 Å². The number of nitrogens with zero attached hydrogens (tertiary/aromatic N) is 6. The molecule has 0 aliphatic carbocycles. The second-order valence-corrected chi connectivity index (χ2v) is 8.83. The normalized spacial score (nSPS) is 14.1. The van der Waals surface area contributed by atoms with Crippen LogP contribution in [0, 0.1) is 13.8 Å². The van der Waals surface area contributed by atoms with E-state index in [0.717, 1.165) is 29.9 Å². The molecule has 174 valence electrons. The Morgan fingerprint density at radius 3 is 2.29 bits per heavy atom. The van der Waals surface area contributed by atoms with Gasteiger partial charge in [0.1, 0.15) is 5.82 Å². The number of fused-ring (bicyclic) bond motifs is 1. The number of aryl methyl sites for hydroxylation is 3. The van der Waals surface area contributed by atoms with Gasteiger partial charge in [0.2, 0.25) is 11.6 Å². The highest BCUT2D eigenvalue weighted by Gasteiger charge is 2.22. The van der Waals surface area contributed by atoms with Gasteiger partial charge in [-0.15, -0.1) is 10.2 Å². The number of piperazine rings is 1. The monoisotopic (exact) mass is 456 g/mol. The lowest BCUT2D eigenvalue weighted by atomic mass is 10.1. The first-order valence-electron chi connectivity index (χ1n) is 11.6. The minimum Gasteiger partial charge on any atom is -0.368 e. The number of hydrogen-bond donors (Lipinski definition) is 0. The zero-order chi connectivity index (χ0) is 23.7. The van der Waals surface area contributed by atoms with Crippen molar-refractivity contribution in [3.63, 3.8) is 0 Å². The second-order valence-electron chi connectivity index (χ2n) is 8.83. The molecule has 1 aliphatic heterocycles. The molecule has 8 nitrogen and oxygen atoms in total. The molecule has 1 saturated heterocycles. The van der Waals surface area contributed by atoms with E-state index >= 15 is 0 Å². The molecular formula is C26H28N6O2. The third kappa shape index (κ3) is 4.31. The molecule has 0 N–H and O–H groups in total. The molecule has 0 saturated carbocycles. The van der Waals surface area contributed by atoms with Gasteiger partial charge in [0, 0.05) is 62.8 Å². The predicted octanol–water partition coefficient (Wildman–Crippen LogP) is 2.78. The van der Waals surface area contributed by atoms with Gasteiger partial charge in [0.05, 0.1) is 0 Å². The number of aromatic nitrogens is 4. The van der Waals surface area contributed by atoms with E-state index in [4.69, 9.17) is 0 Å². The minimum atomic E-state index is -0.227. The molecule has 0 atom stereocenters. The van der Waals surface area contributed by atoms with Crippen molar-refractivity contribution in [3.8, 4) is 5.69 Å². The summed E-state index contributed by atoms with van der Waals surface area (Å²) >= 11 is 0. The third-order valence-electron chi connectivity index (χ3n) is 6.34. The van der Waals surface area contributed by atoms with Crippen LogP contribution in [0.25, 0.3) is 11.3 Å². The van der Waals surface area contributed by atoms with E-state index in [9.17, 15) is 9.59 Å². The van der Waals surface area contributed by atoms with Gasteiger partial charge in [-0.3, -0.25) is 18.6 Å². The molecule has 0 bridgehead atoms. The maximum absolute atomic E-state index is 13.1. The highest BCUT2D eigenvalue weighted by atomic mass is 16.2. The number of amides is 1. The van der Waals surface area contributed by atoms with Crippen molar-refractivity contribution in [2.45, 2.75) is 26.7 Å². The first kappa shape index (κ1) is 21.9. The average molecular weight is 457 g/mol. The quantitative estimate of drug-likeness (QED) is 0.462. The Morgan fingerprint density at radius 2 is 1.59 bits per heavy atom. The molecule has 2 aromatic heterocycles. The molecule has 4 aromatic rings. The maximum atomic E-state index is 13.1. The van der Waals surface area contributed by atoms with Crippen molar-refractivity contribution in [2.75, 3.05) is 31.1 Å². The first-order valence-corrected chi connectivity index (χ1v) is 11.6. The minimum absolute atomic E-state index is 0.105. The van der Waals surface area contributed by atoms with Crippen molar-refractivity contribution in [1.29, 1.82) is 0 Å². The summed E-state index contributed by atoms with van der Waals surface area (Å²) in [5.74, 6) is 0.726. The molecule has 34 heavy (non-hydrogen) atoms. The highest BCUT2D eigenvalue weighted by Crippen LogP contribution is 2.17. The predicted molar refractivity (Wildman–Crippen MR) is 132 cm³/mol. The van der Waals surface area contributed by atoms with Crippen LogP contribution >= 0.6 is 0 Å². The van der Waals surface area contributed by atoms with Crippen LogP contribution < -0.4 is 10.5 Å². The molecule has 1 fully saturated rings. The van der Waals surface area contributed by atoms with Gasteiger partial charge in [-0.1, -0.05) is 24.3 Å². The standard InChI is InChI=1S/C26H28N6O2/c1-19-16-20(2)18-22(17-19)31-14-15-32-23(27-28-25(32)26(31)34)8-9-24(33)30-12-10-29(11-13-30)21-6-4-3-5-7-21/h3-7,14-18H,8-13H2,1-2H3. The number of anilines is 1. The number of para-hydroxylation sites is 1. The fourth-order valence-corrected chi connectivity index (χ4v) is 4.63. The van der Waals surface area contributed by atoms with Crippen LogP contribution in [0.4, 0.5) is 5.69 Å².